The molecule has 0 aliphatic rings. The summed E-state index contributed by atoms with van der Waals surface area (Å²) >= 11 is 0. The van der Waals surface area contributed by atoms with E-state index in [-0.39, 0.29) is 18.9 Å². The highest BCUT2D eigenvalue weighted by molar-refractivity contribution is 5.79. The number of esters is 1. The van der Waals surface area contributed by atoms with Crippen LogP contribution in [-0.4, -0.2) is 53.5 Å². The molecular weight excluding hydrogens is 316 g/mol. The number of ether oxygens (including phenoxy) is 2. The van der Waals surface area contributed by atoms with Crippen LogP contribution in [0.5, 0.6) is 0 Å². The average Bonchev–Trinajstić information content (AvgIpc) is 2.32. The second kappa shape index (κ2) is 9.46. The van der Waals surface area contributed by atoms with Crippen molar-refractivity contribution in [3.05, 3.63) is 0 Å². The van der Waals surface area contributed by atoms with Gasteiger partial charge in [-0.25, -0.2) is 9.59 Å². The van der Waals surface area contributed by atoms with Gasteiger partial charge in [0, 0.05) is 0 Å². The Morgan fingerprint density at radius 2 is 1.54 bits per heavy atom. The van der Waals surface area contributed by atoms with Gasteiger partial charge in [0.2, 0.25) is 0 Å². The van der Waals surface area contributed by atoms with Gasteiger partial charge in [-0.2, -0.15) is 0 Å². The molecular formula is C16H30N2O6. The molecule has 8 nitrogen and oxygen atoms in total. The molecule has 1 unspecified atom stereocenters. The second-order valence-corrected chi connectivity index (χ2v) is 7.44. The zero-order valence-corrected chi connectivity index (χ0v) is 15.4. The van der Waals surface area contributed by atoms with Gasteiger partial charge in [-0.3, -0.25) is 4.79 Å². The van der Waals surface area contributed by atoms with Crippen molar-refractivity contribution >= 4 is 18.0 Å². The maximum Gasteiger partial charge on any atom is 0.408 e. The van der Waals surface area contributed by atoms with Crippen LogP contribution in [-0.2, 0) is 19.1 Å². The van der Waals surface area contributed by atoms with Gasteiger partial charge in [-0.1, -0.05) is 0 Å². The smallest absolute Gasteiger partial charge is 0.408 e. The predicted molar refractivity (Wildman–Crippen MR) is 88.7 cm³/mol. The number of carboxylic acid groups (broad SMARTS) is 1. The van der Waals surface area contributed by atoms with Crippen LogP contribution in [0.15, 0.2) is 0 Å². The number of nitrogens with one attached hydrogen (secondary N) is 2. The van der Waals surface area contributed by atoms with Crippen molar-refractivity contribution in [1.29, 1.82) is 0 Å². The molecule has 0 fully saturated rings. The Morgan fingerprint density at radius 3 is 2.00 bits per heavy atom. The number of aliphatic carboxylic acids is 1. The molecule has 0 aromatic carbocycles. The van der Waals surface area contributed by atoms with Crippen LogP contribution in [0.4, 0.5) is 4.79 Å². The van der Waals surface area contributed by atoms with E-state index in [0.29, 0.717) is 13.0 Å². The van der Waals surface area contributed by atoms with Crippen LogP contribution in [0.3, 0.4) is 0 Å². The first-order valence-electron chi connectivity index (χ1n) is 7.95. The molecule has 0 aliphatic heterocycles. The Bertz CT molecular complexity index is 437. The summed E-state index contributed by atoms with van der Waals surface area (Å²) in [5, 5.41) is 14.3. The molecule has 0 heterocycles. The first-order valence-corrected chi connectivity index (χ1v) is 7.95. The number of carbonyl (C=O) groups is 3. The third-order valence-corrected chi connectivity index (χ3v) is 2.52. The van der Waals surface area contributed by atoms with E-state index in [0.717, 1.165) is 0 Å². The second-order valence-electron chi connectivity index (χ2n) is 7.44. The number of hydrogen-bond donors (Lipinski definition) is 3. The van der Waals surface area contributed by atoms with E-state index in [4.69, 9.17) is 14.6 Å². The number of rotatable bonds is 8. The third-order valence-electron chi connectivity index (χ3n) is 2.52. The zero-order valence-electron chi connectivity index (χ0n) is 15.4. The molecule has 24 heavy (non-hydrogen) atoms. The lowest BCUT2D eigenvalue weighted by Gasteiger charge is -2.22. The average molecular weight is 346 g/mol. The largest absolute Gasteiger partial charge is 0.480 e. The minimum absolute atomic E-state index is 0.0501. The van der Waals surface area contributed by atoms with Crippen molar-refractivity contribution in [1.82, 2.24) is 10.6 Å². The lowest BCUT2D eigenvalue weighted by molar-refractivity contribution is -0.153. The summed E-state index contributed by atoms with van der Waals surface area (Å²) in [6, 6.07) is -1.04. The number of carboxylic acids is 1. The SMILES string of the molecule is CC(C)(C)OC(=O)CNCCCC(NC(=O)OC(C)(C)C)C(=O)O. The molecule has 0 spiro atoms. The van der Waals surface area contributed by atoms with Crippen LogP contribution in [0, 0.1) is 0 Å². The first kappa shape index (κ1) is 22.2. The highest BCUT2D eigenvalue weighted by Gasteiger charge is 2.23. The van der Waals surface area contributed by atoms with E-state index in [9.17, 15) is 14.4 Å². The van der Waals surface area contributed by atoms with Gasteiger partial charge < -0.3 is 25.2 Å². The van der Waals surface area contributed by atoms with Gasteiger partial charge in [0.05, 0.1) is 6.54 Å². The van der Waals surface area contributed by atoms with Gasteiger partial charge in [0.15, 0.2) is 0 Å². The molecule has 1 atom stereocenters. The standard InChI is InChI=1S/C16H30N2O6/c1-15(2,3)23-12(19)10-17-9-7-8-11(13(20)21)18-14(22)24-16(4,5)6/h11,17H,7-10H2,1-6H3,(H,18,22)(H,20,21). The molecule has 0 saturated heterocycles. The van der Waals surface area contributed by atoms with Crippen LogP contribution >= 0.6 is 0 Å². The summed E-state index contributed by atoms with van der Waals surface area (Å²) in [6.07, 6.45) is -0.0811. The van der Waals surface area contributed by atoms with Crippen molar-refractivity contribution in [2.75, 3.05) is 13.1 Å². The highest BCUT2D eigenvalue weighted by atomic mass is 16.6. The molecule has 0 aromatic rings. The fourth-order valence-electron chi connectivity index (χ4n) is 1.71. The number of hydrogen-bond acceptors (Lipinski definition) is 6. The highest BCUT2D eigenvalue weighted by Crippen LogP contribution is 2.08. The molecule has 8 heteroatoms. The first-order chi connectivity index (χ1) is 10.8. The summed E-state index contributed by atoms with van der Waals surface area (Å²) in [6.45, 7) is 10.9. The van der Waals surface area contributed by atoms with E-state index in [1.165, 1.54) is 0 Å². The number of alkyl carbamates (subject to hydrolysis) is 1. The van der Waals surface area contributed by atoms with E-state index in [2.05, 4.69) is 10.6 Å². The summed E-state index contributed by atoms with van der Waals surface area (Å²) < 4.78 is 10.2. The fourth-order valence-corrected chi connectivity index (χ4v) is 1.71. The Labute approximate surface area is 143 Å². The maximum atomic E-state index is 11.6. The Hall–Kier alpha value is -1.83. The monoisotopic (exact) mass is 346 g/mol. The summed E-state index contributed by atoms with van der Waals surface area (Å²) in [5.74, 6) is -1.50. The van der Waals surface area contributed by atoms with E-state index >= 15 is 0 Å². The van der Waals surface area contributed by atoms with Crippen LogP contribution in [0.1, 0.15) is 54.4 Å². The van der Waals surface area contributed by atoms with Crippen molar-refractivity contribution in [3.8, 4) is 0 Å². The lowest BCUT2D eigenvalue weighted by Crippen LogP contribution is -2.43. The van der Waals surface area contributed by atoms with E-state index < -0.39 is 29.3 Å². The van der Waals surface area contributed by atoms with E-state index in [1.54, 1.807) is 41.5 Å². The van der Waals surface area contributed by atoms with Gasteiger partial charge in [-0.15, -0.1) is 0 Å². The molecule has 1 amide bonds. The van der Waals surface area contributed by atoms with Gasteiger partial charge in [0.1, 0.15) is 17.2 Å². The van der Waals surface area contributed by atoms with Gasteiger partial charge >= 0.3 is 18.0 Å². The Balaban J connectivity index is 4.09. The normalized spacial score (nSPS) is 13.1. The number of carbonyl (C=O) groups excluding carboxylic acids is 2. The maximum absolute atomic E-state index is 11.6. The van der Waals surface area contributed by atoms with Gasteiger partial charge in [0.25, 0.3) is 0 Å². The molecule has 0 bridgehead atoms. The van der Waals surface area contributed by atoms with Crippen molar-refractivity contribution < 1.29 is 29.0 Å². The topological polar surface area (TPSA) is 114 Å². The quantitative estimate of drug-likeness (QED) is 0.452. The Kier molecular flexibility index (Phi) is 8.74. The van der Waals surface area contributed by atoms with Crippen LogP contribution in [0.2, 0.25) is 0 Å². The summed E-state index contributed by atoms with van der Waals surface area (Å²) in [5.41, 5.74) is -1.23. The fraction of sp³-hybridized carbons (Fsp3) is 0.812. The molecule has 0 saturated carbocycles. The van der Waals surface area contributed by atoms with Crippen LogP contribution in [0.25, 0.3) is 0 Å². The number of amides is 1. The molecule has 0 radical (unpaired) electrons. The van der Waals surface area contributed by atoms with Crippen molar-refractivity contribution in [3.63, 3.8) is 0 Å². The molecule has 3 N–H and O–H groups in total. The lowest BCUT2D eigenvalue weighted by atomic mass is 10.1. The molecule has 140 valence electrons. The Morgan fingerprint density at radius 1 is 1.00 bits per heavy atom. The molecule has 0 aliphatic carbocycles. The zero-order chi connectivity index (χ0) is 19.0. The predicted octanol–water partition coefficient (Wildman–Crippen LogP) is 1.68. The molecule has 0 rings (SSSR count). The van der Waals surface area contributed by atoms with Crippen molar-refractivity contribution in [2.24, 2.45) is 0 Å². The van der Waals surface area contributed by atoms with Crippen molar-refractivity contribution in [2.45, 2.75) is 71.6 Å². The minimum atomic E-state index is -1.13. The third kappa shape index (κ3) is 12.7. The summed E-state index contributed by atoms with van der Waals surface area (Å²) in [4.78, 5) is 34.3. The van der Waals surface area contributed by atoms with Gasteiger partial charge in [-0.05, 0) is 60.9 Å². The summed E-state index contributed by atoms with van der Waals surface area (Å²) in [7, 11) is 0. The minimum Gasteiger partial charge on any atom is -0.480 e. The molecule has 0 aromatic heterocycles. The van der Waals surface area contributed by atoms with Crippen LogP contribution < -0.4 is 10.6 Å². The van der Waals surface area contributed by atoms with E-state index in [1.807, 2.05) is 0 Å².